The smallest absolute Gasteiger partial charge is 0.356 e. The van der Waals surface area contributed by atoms with Crippen molar-refractivity contribution in [2.24, 2.45) is 0 Å². The highest BCUT2D eigenvalue weighted by molar-refractivity contribution is 6.98. The van der Waals surface area contributed by atoms with Crippen LogP contribution in [0.4, 0.5) is 0 Å². The van der Waals surface area contributed by atoms with Crippen LogP contribution in [0.2, 0.25) is 0 Å². The lowest BCUT2D eigenvalue weighted by Gasteiger charge is -2.38. The van der Waals surface area contributed by atoms with Crippen LogP contribution in [-0.4, -0.2) is 52.8 Å². The van der Waals surface area contributed by atoms with Gasteiger partial charge < -0.3 is 9.47 Å². The molecule has 0 saturated heterocycles. The Kier molecular flexibility index (Phi) is 6.96. The molecule has 2 aromatic heterocycles. The minimum atomic E-state index is -0.668. The van der Waals surface area contributed by atoms with Gasteiger partial charge in [0.05, 0.1) is 26.1 Å². The van der Waals surface area contributed by atoms with E-state index in [9.17, 15) is 9.59 Å². The summed E-state index contributed by atoms with van der Waals surface area (Å²) >= 11 is 0. The largest absolute Gasteiger partial charge is 0.464 e. The summed E-state index contributed by atoms with van der Waals surface area (Å²) in [4.78, 5) is 28.9. The van der Waals surface area contributed by atoms with Crippen LogP contribution in [-0.2, 0) is 22.3 Å². The fraction of sp³-hybridized carbons (Fsp3) is 0.270. The quantitative estimate of drug-likeness (QED) is 0.219. The summed E-state index contributed by atoms with van der Waals surface area (Å²) in [6.45, 7) is 13.5. The highest BCUT2D eigenvalue weighted by atomic mass is 16.5. The second-order valence-corrected chi connectivity index (χ2v) is 12.7. The zero-order chi connectivity index (χ0) is 32.6. The van der Waals surface area contributed by atoms with Crippen LogP contribution >= 0.6 is 0 Å². The fourth-order valence-electron chi connectivity index (χ4n) is 7.99. The Morgan fingerprint density at radius 3 is 1.70 bits per heavy atom. The molecule has 7 rings (SSSR count). The number of rotatable bonds is 4. The summed E-state index contributed by atoms with van der Waals surface area (Å²) in [5.41, 5.74) is 19.7. The number of methoxy groups -OCH3 is 2. The molecule has 2 aliphatic rings. The van der Waals surface area contributed by atoms with Crippen molar-refractivity contribution in [2.75, 3.05) is 14.2 Å². The van der Waals surface area contributed by atoms with E-state index in [1.807, 2.05) is 6.20 Å². The molecule has 9 heteroatoms. The van der Waals surface area contributed by atoms with Crippen LogP contribution in [0.3, 0.4) is 0 Å². The van der Waals surface area contributed by atoms with Gasteiger partial charge in [0.15, 0.2) is 11.4 Å². The molecule has 2 aliphatic heterocycles. The van der Waals surface area contributed by atoms with Gasteiger partial charge in [0.1, 0.15) is 5.69 Å². The predicted octanol–water partition coefficient (Wildman–Crippen LogP) is 4.08. The number of hydrogen-bond donors (Lipinski definition) is 0. The Morgan fingerprint density at radius 2 is 1.22 bits per heavy atom. The van der Waals surface area contributed by atoms with Crippen LogP contribution in [0.5, 0.6) is 0 Å². The molecule has 0 atom stereocenters. The molecule has 0 spiro atoms. The van der Waals surface area contributed by atoms with E-state index in [0.717, 1.165) is 24.1 Å². The summed E-state index contributed by atoms with van der Waals surface area (Å²) in [5, 5.41) is 9.09. The van der Waals surface area contributed by atoms with Crippen LogP contribution in [0.1, 0.15) is 76.6 Å². The topological polar surface area (TPSA) is 96.2 Å². The van der Waals surface area contributed by atoms with E-state index in [0.29, 0.717) is 5.69 Å². The lowest BCUT2D eigenvalue weighted by molar-refractivity contribution is 0.0585. The second-order valence-electron chi connectivity index (χ2n) is 12.7. The molecule has 0 amide bonds. The number of esters is 2. The first kappa shape index (κ1) is 29.7. The Labute approximate surface area is 268 Å². The number of hydrogen-bond acceptors (Lipinski definition) is 7. The number of carbonyl (C=O) groups is 2. The van der Waals surface area contributed by atoms with Gasteiger partial charge in [0, 0.05) is 5.56 Å². The number of benzene rings is 3. The van der Waals surface area contributed by atoms with E-state index in [1.165, 1.54) is 98.4 Å². The molecule has 0 unspecified atom stereocenters. The van der Waals surface area contributed by atoms with Crippen molar-refractivity contribution in [1.82, 2.24) is 20.0 Å². The molecular weight excluding hydrogens is 575 g/mol. The fourth-order valence-corrected chi connectivity index (χ4v) is 7.99. The van der Waals surface area contributed by atoms with Gasteiger partial charge in [-0.3, -0.25) is 0 Å². The highest BCUT2D eigenvalue weighted by Crippen LogP contribution is 2.36. The average Bonchev–Trinajstić information content (AvgIpc) is 3.51. The van der Waals surface area contributed by atoms with Gasteiger partial charge in [-0.05, 0) is 99.9 Å². The first-order valence-corrected chi connectivity index (χ1v) is 15.5. The summed E-state index contributed by atoms with van der Waals surface area (Å²) in [6.07, 6.45) is 3.57. The Bertz CT molecular complexity index is 2030. The number of aromatic nitrogens is 4. The van der Waals surface area contributed by atoms with E-state index < -0.39 is 11.9 Å². The standard InChI is InChI=1S/C37H35BN4O4/c1-18-9-20(3)33-24(11-18)13-27-22(5)32(23(6)28-14-25-12-19(2)10-21(4)34(25)38(33)35(27)28)31-17-42(41-40-31)26-15-29(36(43)45-7)39-30(16-26)37(44)46-8/h9-12,15-17H,13-14H2,1-8H3. The van der Waals surface area contributed by atoms with E-state index >= 15 is 0 Å². The summed E-state index contributed by atoms with van der Waals surface area (Å²) in [7, 11) is 2.53. The van der Waals surface area contributed by atoms with Crippen molar-refractivity contribution in [3.8, 4) is 16.9 Å². The van der Waals surface area contributed by atoms with Gasteiger partial charge in [-0.2, -0.15) is 0 Å². The van der Waals surface area contributed by atoms with Gasteiger partial charge in [-0.25, -0.2) is 19.3 Å². The monoisotopic (exact) mass is 610 g/mol. The molecule has 4 heterocycles. The normalized spacial score (nSPS) is 12.7. The maximum atomic E-state index is 12.4. The molecule has 0 N–H and O–H groups in total. The van der Waals surface area contributed by atoms with Gasteiger partial charge in [0.25, 0.3) is 0 Å². The number of pyridine rings is 1. The molecule has 3 aromatic carbocycles. The molecule has 0 aliphatic carbocycles. The van der Waals surface area contributed by atoms with Crippen molar-refractivity contribution < 1.29 is 19.1 Å². The lowest BCUT2D eigenvalue weighted by Crippen LogP contribution is -2.63. The maximum absolute atomic E-state index is 12.4. The van der Waals surface area contributed by atoms with Gasteiger partial charge in [-0.1, -0.05) is 68.1 Å². The number of ether oxygens (including phenoxy) is 2. The van der Waals surface area contributed by atoms with Gasteiger partial charge >= 0.3 is 11.9 Å². The third-order valence-electron chi connectivity index (χ3n) is 9.75. The Morgan fingerprint density at radius 1 is 0.717 bits per heavy atom. The zero-order valence-corrected chi connectivity index (χ0v) is 27.5. The van der Waals surface area contributed by atoms with Crippen molar-refractivity contribution in [3.05, 3.63) is 110 Å². The molecule has 8 nitrogen and oxygen atoms in total. The second kappa shape index (κ2) is 10.8. The number of aryl methyl sites for hydroxylation is 4. The number of fused-ring (bicyclic) bond motifs is 4. The van der Waals surface area contributed by atoms with E-state index in [-0.39, 0.29) is 18.1 Å². The van der Waals surface area contributed by atoms with Crippen molar-refractivity contribution in [1.29, 1.82) is 0 Å². The maximum Gasteiger partial charge on any atom is 0.356 e. The Hall–Kier alpha value is -5.05. The Balaban J connectivity index is 1.44. The SMILES string of the molecule is COC(=O)c1cc(-n2cc(-c3c(C)c4c5c(c3C)Cc3cc(C)cc(C)c3B5c3c(C)cc(C)cc3C4)nn2)cc(C(=O)OC)n1. The third kappa shape index (κ3) is 4.48. The third-order valence-corrected chi connectivity index (χ3v) is 9.75. The van der Waals surface area contributed by atoms with E-state index in [4.69, 9.17) is 9.47 Å². The molecule has 0 bridgehead atoms. The van der Waals surface area contributed by atoms with E-state index in [2.05, 4.69) is 81.1 Å². The zero-order valence-electron chi connectivity index (χ0n) is 27.5. The van der Waals surface area contributed by atoms with Crippen molar-refractivity contribution in [3.63, 3.8) is 0 Å². The molecule has 0 radical (unpaired) electrons. The molecule has 0 saturated carbocycles. The van der Waals surface area contributed by atoms with Crippen LogP contribution in [0.15, 0.2) is 42.6 Å². The van der Waals surface area contributed by atoms with Crippen LogP contribution < -0.4 is 16.4 Å². The number of nitrogens with zero attached hydrogens (tertiary/aromatic N) is 4. The van der Waals surface area contributed by atoms with Gasteiger partial charge in [-0.15, -0.1) is 5.10 Å². The number of carbonyl (C=O) groups excluding carboxylic acids is 2. The summed E-state index contributed by atoms with van der Waals surface area (Å²) in [6, 6.07) is 12.4. The van der Waals surface area contributed by atoms with Crippen molar-refractivity contribution >= 4 is 35.0 Å². The molecular formula is C37H35BN4O4. The van der Waals surface area contributed by atoms with Crippen LogP contribution in [0, 0.1) is 41.5 Å². The first-order valence-electron chi connectivity index (χ1n) is 15.5. The average molecular weight is 611 g/mol. The summed E-state index contributed by atoms with van der Waals surface area (Å²) < 4.78 is 11.3. The first-order chi connectivity index (χ1) is 22.0. The molecule has 46 heavy (non-hydrogen) atoms. The van der Waals surface area contributed by atoms with Gasteiger partial charge in [0.2, 0.25) is 6.71 Å². The van der Waals surface area contributed by atoms with E-state index in [1.54, 1.807) is 4.68 Å². The predicted molar refractivity (Wildman–Crippen MR) is 179 cm³/mol. The van der Waals surface area contributed by atoms with Crippen molar-refractivity contribution in [2.45, 2.75) is 54.4 Å². The molecule has 0 fully saturated rings. The molecule has 230 valence electrons. The minimum absolute atomic E-state index is 0.0254. The van der Waals surface area contributed by atoms with Crippen LogP contribution in [0.25, 0.3) is 16.9 Å². The molecule has 5 aromatic rings. The lowest BCUT2D eigenvalue weighted by atomic mass is 9.29. The minimum Gasteiger partial charge on any atom is -0.464 e. The summed E-state index contributed by atoms with van der Waals surface area (Å²) in [5.74, 6) is -1.34. The highest BCUT2D eigenvalue weighted by Gasteiger charge is 2.41.